The molecule has 3 rings (SSSR count). The van der Waals surface area contributed by atoms with E-state index in [9.17, 15) is 9.90 Å². The highest BCUT2D eigenvalue weighted by atomic mass is 127. The normalized spacial score (nSPS) is 10.9. The van der Waals surface area contributed by atoms with Gasteiger partial charge in [-0.3, -0.25) is 4.79 Å². The molecule has 0 fully saturated rings. The SMILES string of the molecule is CCOc1cc(/C=N\NC(=O)Cn2nnc(-c3ccccc3)n2)cc(I)c1O. The van der Waals surface area contributed by atoms with Gasteiger partial charge in [0.15, 0.2) is 11.5 Å². The molecule has 0 atom stereocenters. The zero-order valence-corrected chi connectivity index (χ0v) is 17.1. The molecule has 0 bridgehead atoms. The molecule has 10 heteroatoms. The second-order valence-corrected chi connectivity index (χ2v) is 6.75. The van der Waals surface area contributed by atoms with Crippen molar-refractivity contribution in [3.63, 3.8) is 0 Å². The van der Waals surface area contributed by atoms with E-state index in [0.29, 0.717) is 27.3 Å². The number of carbonyl (C=O) groups excluding carboxylic acids is 1. The molecule has 0 aliphatic rings. The standard InChI is InChI=1S/C18H17IN6O3/c1-2-28-15-9-12(8-14(19)17(15)27)10-20-21-16(26)11-25-23-18(22-24-25)13-6-4-3-5-7-13/h3-10,27H,2,11H2,1H3,(H,21,26)/b20-10-. The number of hydrogen-bond acceptors (Lipinski definition) is 7. The average Bonchev–Trinajstić information content (AvgIpc) is 3.15. The first-order valence-electron chi connectivity index (χ1n) is 8.37. The number of hydrazone groups is 1. The molecule has 28 heavy (non-hydrogen) atoms. The van der Waals surface area contributed by atoms with Crippen molar-refractivity contribution >= 4 is 34.7 Å². The smallest absolute Gasteiger partial charge is 0.263 e. The fourth-order valence-corrected chi connectivity index (χ4v) is 2.91. The molecule has 2 aromatic carbocycles. The summed E-state index contributed by atoms with van der Waals surface area (Å²) in [6.45, 7) is 2.14. The number of aromatic nitrogens is 4. The van der Waals surface area contributed by atoms with Gasteiger partial charge in [0.2, 0.25) is 5.82 Å². The lowest BCUT2D eigenvalue weighted by Gasteiger charge is -2.08. The summed E-state index contributed by atoms with van der Waals surface area (Å²) < 4.78 is 5.99. The molecule has 0 unspecified atom stereocenters. The van der Waals surface area contributed by atoms with Crippen LogP contribution in [-0.2, 0) is 11.3 Å². The van der Waals surface area contributed by atoms with E-state index in [1.807, 2.05) is 59.8 Å². The van der Waals surface area contributed by atoms with Crippen LogP contribution >= 0.6 is 22.6 Å². The maximum atomic E-state index is 12.0. The molecule has 1 aromatic heterocycles. The van der Waals surface area contributed by atoms with Crippen molar-refractivity contribution in [3.8, 4) is 22.9 Å². The fourth-order valence-electron chi connectivity index (χ4n) is 2.29. The van der Waals surface area contributed by atoms with Crippen molar-refractivity contribution in [1.29, 1.82) is 0 Å². The minimum atomic E-state index is -0.397. The van der Waals surface area contributed by atoms with E-state index < -0.39 is 5.91 Å². The number of halogens is 1. The van der Waals surface area contributed by atoms with Crippen LogP contribution in [0.4, 0.5) is 0 Å². The quantitative estimate of drug-likeness (QED) is 0.297. The predicted molar refractivity (Wildman–Crippen MR) is 111 cm³/mol. The Kier molecular flexibility index (Phi) is 6.53. The van der Waals surface area contributed by atoms with E-state index in [4.69, 9.17) is 4.74 Å². The highest BCUT2D eigenvalue weighted by Gasteiger charge is 2.10. The number of phenolic OH excluding ortho intramolecular Hbond substituents is 1. The Balaban J connectivity index is 1.60. The molecule has 1 amide bonds. The first-order valence-corrected chi connectivity index (χ1v) is 9.45. The summed E-state index contributed by atoms with van der Waals surface area (Å²) in [6, 6.07) is 12.7. The number of tetrazole rings is 1. The first-order chi connectivity index (χ1) is 13.6. The number of aromatic hydroxyl groups is 1. The molecule has 3 aromatic rings. The average molecular weight is 492 g/mol. The lowest BCUT2D eigenvalue weighted by atomic mass is 10.2. The molecule has 1 heterocycles. The Hall–Kier alpha value is -3.02. The maximum absolute atomic E-state index is 12.0. The molecular weight excluding hydrogens is 475 g/mol. The lowest BCUT2D eigenvalue weighted by molar-refractivity contribution is -0.122. The summed E-state index contributed by atoms with van der Waals surface area (Å²) >= 11 is 2.00. The van der Waals surface area contributed by atoms with E-state index in [-0.39, 0.29) is 12.3 Å². The summed E-state index contributed by atoms with van der Waals surface area (Å²) in [6.07, 6.45) is 1.46. The van der Waals surface area contributed by atoms with E-state index in [1.54, 1.807) is 12.1 Å². The molecule has 0 spiro atoms. The van der Waals surface area contributed by atoms with Crippen molar-refractivity contribution in [2.45, 2.75) is 13.5 Å². The number of amides is 1. The minimum absolute atomic E-state index is 0.0788. The van der Waals surface area contributed by atoms with E-state index >= 15 is 0 Å². The maximum Gasteiger partial charge on any atom is 0.263 e. The Labute approximate surface area is 174 Å². The molecule has 2 N–H and O–H groups in total. The predicted octanol–water partition coefficient (Wildman–Crippen LogP) is 2.20. The largest absolute Gasteiger partial charge is 0.504 e. The van der Waals surface area contributed by atoms with Crippen LogP contribution in [0.3, 0.4) is 0 Å². The molecule has 0 radical (unpaired) electrons. The van der Waals surface area contributed by atoms with Gasteiger partial charge in [0.25, 0.3) is 5.91 Å². The molecule has 0 saturated carbocycles. The van der Waals surface area contributed by atoms with E-state index in [1.165, 1.54) is 11.0 Å². The van der Waals surface area contributed by atoms with Gasteiger partial charge in [-0.2, -0.15) is 9.90 Å². The number of nitrogens with one attached hydrogen (secondary N) is 1. The van der Waals surface area contributed by atoms with Gasteiger partial charge in [-0.1, -0.05) is 30.3 Å². The number of nitrogens with zero attached hydrogens (tertiary/aromatic N) is 5. The Morgan fingerprint density at radius 3 is 2.89 bits per heavy atom. The van der Waals surface area contributed by atoms with Gasteiger partial charge in [0.05, 0.1) is 16.4 Å². The monoisotopic (exact) mass is 492 g/mol. The van der Waals surface area contributed by atoms with Crippen LogP contribution in [0.2, 0.25) is 0 Å². The Morgan fingerprint density at radius 1 is 1.36 bits per heavy atom. The van der Waals surface area contributed by atoms with Gasteiger partial charge in [-0.25, -0.2) is 5.43 Å². The van der Waals surface area contributed by atoms with Crippen LogP contribution in [0.15, 0.2) is 47.6 Å². The highest BCUT2D eigenvalue weighted by Crippen LogP contribution is 2.32. The Morgan fingerprint density at radius 2 is 2.14 bits per heavy atom. The van der Waals surface area contributed by atoms with Crippen molar-refractivity contribution < 1.29 is 14.6 Å². The molecular formula is C18H17IN6O3. The third-order valence-corrected chi connectivity index (χ3v) is 4.35. The second kappa shape index (κ2) is 9.26. The minimum Gasteiger partial charge on any atom is -0.504 e. The zero-order valence-electron chi connectivity index (χ0n) is 14.9. The van der Waals surface area contributed by atoms with Crippen LogP contribution < -0.4 is 10.2 Å². The summed E-state index contributed by atoms with van der Waals surface area (Å²) in [7, 11) is 0. The van der Waals surface area contributed by atoms with Crippen LogP contribution in [-0.4, -0.2) is 44.0 Å². The highest BCUT2D eigenvalue weighted by molar-refractivity contribution is 14.1. The first kappa shape index (κ1) is 19.7. The number of phenols is 1. The van der Waals surface area contributed by atoms with Gasteiger partial charge < -0.3 is 9.84 Å². The van der Waals surface area contributed by atoms with E-state index in [2.05, 4.69) is 25.9 Å². The fraction of sp³-hybridized carbons (Fsp3) is 0.167. The van der Waals surface area contributed by atoms with E-state index in [0.717, 1.165) is 5.56 Å². The van der Waals surface area contributed by atoms with Crippen molar-refractivity contribution in [2.75, 3.05) is 6.61 Å². The third-order valence-electron chi connectivity index (χ3n) is 3.52. The number of rotatable bonds is 7. The number of benzene rings is 2. The van der Waals surface area contributed by atoms with Crippen LogP contribution in [0.25, 0.3) is 11.4 Å². The summed E-state index contributed by atoms with van der Waals surface area (Å²) in [5.74, 6) is 0.489. The topological polar surface area (TPSA) is 115 Å². The van der Waals surface area contributed by atoms with Crippen LogP contribution in [0.1, 0.15) is 12.5 Å². The van der Waals surface area contributed by atoms with Gasteiger partial charge >= 0.3 is 0 Å². The van der Waals surface area contributed by atoms with Crippen LogP contribution in [0, 0.1) is 3.57 Å². The van der Waals surface area contributed by atoms with Gasteiger partial charge in [-0.05, 0) is 52.4 Å². The summed E-state index contributed by atoms with van der Waals surface area (Å²) in [5.41, 5.74) is 3.91. The molecule has 0 saturated heterocycles. The molecule has 0 aliphatic carbocycles. The van der Waals surface area contributed by atoms with Crippen LogP contribution in [0.5, 0.6) is 11.5 Å². The summed E-state index contributed by atoms with van der Waals surface area (Å²) in [5, 5.41) is 25.8. The number of hydrogen-bond donors (Lipinski definition) is 2. The molecule has 144 valence electrons. The van der Waals surface area contributed by atoms with Crippen molar-refractivity contribution in [1.82, 2.24) is 25.6 Å². The van der Waals surface area contributed by atoms with Gasteiger partial charge in [-0.15, -0.1) is 10.2 Å². The number of carbonyl (C=O) groups is 1. The zero-order chi connectivity index (χ0) is 19.9. The lowest BCUT2D eigenvalue weighted by Crippen LogP contribution is -2.24. The van der Waals surface area contributed by atoms with Gasteiger partial charge in [0, 0.05) is 5.56 Å². The van der Waals surface area contributed by atoms with Crippen molar-refractivity contribution in [3.05, 3.63) is 51.6 Å². The van der Waals surface area contributed by atoms with Gasteiger partial charge in [0.1, 0.15) is 6.54 Å². The third kappa shape index (κ3) is 5.03. The Bertz CT molecular complexity index is 990. The summed E-state index contributed by atoms with van der Waals surface area (Å²) in [4.78, 5) is 13.2. The van der Waals surface area contributed by atoms with Crippen molar-refractivity contribution in [2.24, 2.45) is 5.10 Å². The molecule has 9 nitrogen and oxygen atoms in total. The molecule has 0 aliphatic heterocycles. The number of ether oxygens (including phenoxy) is 1. The second-order valence-electron chi connectivity index (χ2n) is 5.59.